The second-order valence-electron chi connectivity index (χ2n) is 4.43. The van der Waals surface area contributed by atoms with E-state index < -0.39 is 10.0 Å². The number of halogens is 2. The van der Waals surface area contributed by atoms with Crippen LogP contribution in [0.5, 0.6) is 0 Å². The summed E-state index contributed by atoms with van der Waals surface area (Å²) in [5.74, 6) is 0. The third-order valence-electron chi connectivity index (χ3n) is 2.88. The van der Waals surface area contributed by atoms with Crippen LogP contribution >= 0.6 is 43.2 Å². The highest BCUT2D eigenvalue weighted by Crippen LogP contribution is 2.30. The lowest BCUT2D eigenvalue weighted by Gasteiger charge is -2.15. The monoisotopic (exact) mass is 437 g/mol. The quantitative estimate of drug-likeness (QED) is 0.756. The lowest BCUT2D eigenvalue weighted by Crippen LogP contribution is -2.27. The predicted octanol–water partition coefficient (Wildman–Crippen LogP) is 4.62. The van der Waals surface area contributed by atoms with Crippen LogP contribution in [-0.4, -0.2) is 8.42 Å². The van der Waals surface area contributed by atoms with E-state index in [4.69, 9.17) is 0 Å². The molecule has 1 aromatic heterocycles. The molecular weight excluding hydrogens is 426 g/mol. The van der Waals surface area contributed by atoms with E-state index in [1.807, 2.05) is 30.7 Å². The van der Waals surface area contributed by atoms with E-state index in [0.29, 0.717) is 4.47 Å². The van der Waals surface area contributed by atoms with Crippen molar-refractivity contribution in [2.24, 2.45) is 0 Å². The van der Waals surface area contributed by atoms with Crippen LogP contribution in [-0.2, 0) is 10.0 Å². The summed E-state index contributed by atoms with van der Waals surface area (Å²) in [5.41, 5.74) is 1.93. The van der Waals surface area contributed by atoms with Crippen molar-refractivity contribution in [3.05, 3.63) is 49.0 Å². The van der Waals surface area contributed by atoms with E-state index in [-0.39, 0.29) is 10.9 Å². The fraction of sp³-hybridized carbons (Fsp3) is 0.231. The third kappa shape index (κ3) is 3.51. The summed E-state index contributed by atoms with van der Waals surface area (Å²) in [7, 11) is -3.58. The van der Waals surface area contributed by atoms with E-state index in [0.717, 1.165) is 15.6 Å². The van der Waals surface area contributed by atoms with Gasteiger partial charge in [-0.2, -0.15) is 11.3 Å². The van der Waals surface area contributed by atoms with Crippen LogP contribution in [0.1, 0.15) is 24.1 Å². The molecule has 2 aromatic rings. The van der Waals surface area contributed by atoms with E-state index in [1.54, 1.807) is 23.5 Å². The minimum atomic E-state index is -3.58. The van der Waals surface area contributed by atoms with Gasteiger partial charge in [-0.05, 0) is 69.9 Å². The smallest absolute Gasteiger partial charge is 0.207 e. The first kappa shape index (κ1) is 16.2. The first-order chi connectivity index (χ1) is 9.31. The summed E-state index contributed by atoms with van der Waals surface area (Å²) < 4.78 is 28.9. The molecule has 1 aromatic carbocycles. The third-order valence-corrected chi connectivity index (χ3v) is 6.93. The van der Waals surface area contributed by atoms with Crippen LogP contribution in [0, 0.1) is 6.92 Å². The van der Waals surface area contributed by atoms with Gasteiger partial charge in [0.1, 0.15) is 0 Å². The molecule has 0 saturated carbocycles. The summed E-state index contributed by atoms with van der Waals surface area (Å²) in [4.78, 5) is 0.233. The Kier molecular flexibility index (Phi) is 5.07. The van der Waals surface area contributed by atoms with Crippen molar-refractivity contribution in [2.45, 2.75) is 24.8 Å². The number of benzene rings is 1. The van der Waals surface area contributed by atoms with Crippen molar-refractivity contribution in [1.82, 2.24) is 4.72 Å². The molecule has 7 heteroatoms. The van der Waals surface area contributed by atoms with Gasteiger partial charge >= 0.3 is 0 Å². The van der Waals surface area contributed by atoms with Gasteiger partial charge < -0.3 is 0 Å². The van der Waals surface area contributed by atoms with Crippen molar-refractivity contribution < 1.29 is 8.42 Å². The van der Waals surface area contributed by atoms with Gasteiger partial charge in [0.25, 0.3) is 0 Å². The minimum Gasteiger partial charge on any atom is -0.207 e. The first-order valence-corrected chi connectivity index (χ1v) is 9.82. The Balaban J connectivity index is 2.34. The zero-order valence-electron chi connectivity index (χ0n) is 10.9. The van der Waals surface area contributed by atoms with Crippen molar-refractivity contribution in [1.29, 1.82) is 0 Å². The molecule has 2 rings (SSSR count). The average Bonchev–Trinajstić information content (AvgIpc) is 2.86. The van der Waals surface area contributed by atoms with E-state index in [1.165, 1.54) is 0 Å². The molecule has 1 N–H and O–H groups in total. The normalized spacial score (nSPS) is 13.4. The van der Waals surface area contributed by atoms with Gasteiger partial charge in [0.15, 0.2) is 0 Å². The Morgan fingerprint density at radius 1 is 1.25 bits per heavy atom. The molecule has 0 aliphatic rings. The summed E-state index contributed by atoms with van der Waals surface area (Å²) in [5, 5.41) is 3.87. The number of hydrogen-bond donors (Lipinski definition) is 1. The molecule has 108 valence electrons. The fourth-order valence-corrected chi connectivity index (χ4v) is 5.38. The highest BCUT2D eigenvalue weighted by atomic mass is 79.9. The standard InChI is InChI=1S/C13H13Br2NO2S2/c1-8-5-12(15)13(6-11(8)14)20(17,18)16-9(2)10-3-4-19-7-10/h3-7,9,16H,1-2H3. The summed E-state index contributed by atoms with van der Waals surface area (Å²) >= 11 is 8.23. The second kappa shape index (κ2) is 6.27. The van der Waals surface area contributed by atoms with Gasteiger partial charge in [-0.15, -0.1) is 0 Å². The van der Waals surface area contributed by atoms with Crippen LogP contribution in [0.25, 0.3) is 0 Å². The Bertz CT molecular complexity index is 712. The van der Waals surface area contributed by atoms with Crippen LogP contribution in [0.3, 0.4) is 0 Å². The molecule has 0 fully saturated rings. The maximum Gasteiger partial charge on any atom is 0.242 e. The number of aryl methyl sites for hydroxylation is 1. The van der Waals surface area contributed by atoms with Gasteiger partial charge in [-0.1, -0.05) is 15.9 Å². The minimum absolute atomic E-state index is 0.233. The Morgan fingerprint density at radius 2 is 1.95 bits per heavy atom. The molecule has 1 unspecified atom stereocenters. The maximum absolute atomic E-state index is 12.5. The number of nitrogens with one attached hydrogen (secondary N) is 1. The van der Waals surface area contributed by atoms with Crippen molar-refractivity contribution >= 4 is 53.2 Å². The van der Waals surface area contributed by atoms with Gasteiger partial charge in [0, 0.05) is 15.0 Å². The van der Waals surface area contributed by atoms with E-state index in [9.17, 15) is 8.42 Å². The molecule has 20 heavy (non-hydrogen) atoms. The number of rotatable bonds is 4. The number of hydrogen-bond acceptors (Lipinski definition) is 3. The Labute approximate surface area is 139 Å². The largest absolute Gasteiger partial charge is 0.242 e. The summed E-state index contributed by atoms with van der Waals surface area (Å²) in [6.45, 7) is 3.74. The molecule has 3 nitrogen and oxygen atoms in total. The molecule has 0 saturated heterocycles. The highest BCUT2D eigenvalue weighted by molar-refractivity contribution is 9.11. The average molecular weight is 439 g/mol. The van der Waals surface area contributed by atoms with Crippen LogP contribution in [0.15, 0.2) is 42.8 Å². The summed E-state index contributed by atoms with van der Waals surface area (Å²) in [6, 6.07) is 5.05. The van der Waals surface area contributed by atoms with Gasteiger partial charge in [0.2, 0.25) is 10.0 Å². The van der Waals surface area contributed by atoms with Crippen LogP contribution in [0.4, 0.5) is 0 Å². The molecule has 0 aliphatic heterocycles. The molecule has 1 atom stereocenters. The van der Waals surface area contributed by atoms with Crippen LogP contribution in [0.2, 0.25) is 0 Å². The second-order valence-corrected chi connectivity index (χ2v) is 8.60. The van der Waals surface area contributed by atoms with Gasteiger partial charge in [-0.25, -0.2) is 13.1 Å². The zero-order chi connectivity index (χ0) is 14.9. The molecule has 0 bridgehead atoms. The Morgan fingerprint density at radius 3 is 2.55 bits per heavy atom. The van der Waals surface area contributed by atoms with E-state index in [2.05, 4.69) is 36.6 Å². The first-order valence-electron chi connectivity index (χ1n) is 5.81. The zero-order valence-corrected chi connectivity index (χ0v) is 15.7. The van der Waals surface area contributed by atoms with Crippen molar-refractivity contribution in [3.63, 3.8) is 0 Å². The molecule has 0 radical (unpaired) electrons. The Hall–Kier alpha value is -0.210. The predicted molar refractivity (Wildman–Crippen MR) is 89.6 cm³/mol. The summed E-state index contributed by atoms with van der Waals surface area (Å²) in [6.07, 6.45) is 0. The maximum atomic E-state index is 12.5. The van der Waals surface area contributed by atoms with Gasteiger partial charge in [-0.3, -0.25) is 0 Å². The number of thiophene rings is 1. The SMILES string of the molecule is Cc1cc(Br)c(S(=O)(=O)NC(C)c2ccsc2)cc1Br. The molecule has 0 amide bonds. The van der Waals surface area contributed by atoms with Crippen molar-refractivity contribution in [3.8, 4) is 0 Å². The van der Waals surface area contributed by atoms with E-state index >= 15 is 0 Å². The topological polar surface area (TPSA) is 46.2 Å². The molecule has 0 aliphatic carbocycles. The van der Waals surface area contributed by atoms with Crippen molar-refractivity contribution in [2.75, 3.05) is 0 Å². The fourth-order valence-electron chi connectivity index (χ4n) is 1.72. The number of sulfonamides is 1. The molecule has 0 spiro atoms. The lowest BCUT2D eigenvalue weighted by atomic mass is 10.2. The van der Waals surface area contributed by atoms with Crippen LogP contribution < -0.4 is 4.72 Å². The van der Waals surface area contributed by atoms with Gasteiger partial charge in [0.05, 0.1) is 4.90 Å². The molecule has 1 heterocycles. The lowest BCUT2D eigenvalue weighted by molar-refractivity contribution is 0.566. The molecular formula is C13H13Br2NO2S2. The highest BCUT2D eigenvalue weighted by Gasteiger charge is 2.22.